The van der Waals surface area contributed by atoms with Gasteiger partial charge in [-0.05, 0) is 53.6 Å². The van der Waals surface area contributed by atoms with Gasteiger partial charge in [-0.3, -0.25) is 0 Å². The molecule has 1 N–H and O–H groups in total. The molecular formula is C13H21NS. The van der Waals surface area contributed by atoms with E-state index in [2.05, 4.69) is 36.0 Å². The second-order valence-corrected chi connectivity index (χ2v) is 6.05. The summed E-state index contributed by atoms with van der Waals surface area (Å²) in [6.07, 6.45) is 5.30. The molecule has 2 rings (SSSR count). The van der Waals surface area contributed by atoms with E-state index in [-0.39, 0.29) is 0 Å². The third kappa shape index (κ3) is 2.82. The third-order valence-electron chi connectivity index (χ3n) is 3.64. The summed E-state index contributed by atoms with van der Waals surface area (Å²) in [7, 11) is 0. The van der Waals surface area contributed by atoms with Gasteiger partial charge in [-0.1, -0.05) is 20.3 Å². The molecule has 1 atom stereocenters. The second kappa shape index (κ2) is 4.67. The molecule has 1 aliphatic rings. The van der Waals surface area contributed by atoms with Crippen LogP contribution < -0.4 is 5.32 Å². The first kappa shape index (κ1) is 11.2. The van der Waals surface area contributed by atoms with Gasteiger partial charge in [-0.2, -0.15) is 11.3 Å². The molecule has 1 fully saturated rings. The van der Waals surface area contributed by atoms with Crippen molar-refractivity contribution in [1.82, 2.24) is 5.32 Å². The van der Waals surface area contributed by atoms with Crippen LogP contribution >= 0.6 is 11.3 Å². The highest BCUT2D eigenvalue weighted by Gasteiger charge is 2.33. The van der Waals surface area contributed by atoms with Crippen molar-refractivity contribution in [3.63, 3.8) is 0 Å². The molecule has 1 heterocycles. The topological polar surface area (TPSA) is 12.0 Å². The van der Waals surface area contributed by atoms with Crippen molar-refractivity contribution in [2.75, 3.05) is 6.54 Å². The Hall–Kier alpha value is -0.340. The molecule has 84 valence electrons. The summed E-state index contributed by atoms with van der Waals surface area (Å²) in [5, 5.41) is 8.13. The lowest BCUT2D eigenvalue weighted by molar-refractivity contribution is 0.285. The van der Waals surface area contributed by atoms with Crippen molar-refractivity contribution in [1.29, 1.82) is 0 Å². The van der Waals surface area contributed by atoms with Crippen LogP contribution in [0, 0.1) is 5.41 Å². The Balaban J connectivity index is 1.74. The molecule has 1 aliphatic carbocycles. The fourth-order valence-electron chi connectivity index (χ4n) is 2.53. The Bertz CT molecular complexity index is 289. The van der Waals surface area contributed by atoms with E-state index >= 15 is 0 Å². The molecule has 1 saturated carbocycles. The number of rotatable bonds is 4. The first-order chi connectivity index (χ1) is 7.18. The fraction of sp³-hybridized carbons (Fsp3) is 0.692. The molecule has 1 nitrogen and oxygen atoms in total. The maximum Gasteiger partial charge on any atom is 0.0118 e. The molecule has 0 aromatic carbocycles. The number of hydrogen-bond acceptors (Lipinski definition) is 2. The summed E-state index contributed by atoms with van der Waals surface area (Å²) >= 11 is 1.79. The SMILES string of the molecule is CC1(C)CCCC1NCCc1ccsc1. The van der Waals surface area contributed by atoms with Gasteiger partial charge < -0.3 is 5.32 Å². The van der Waals surface area contributed by atoms with E-state index in [1.54, 1.807) is 11.3 Å². The van der Waals surface area contributed by atoms with E-state index in [1.807, 2.05) is 0 Å². The molecule has 0 spiro atoms. The third-order valence-corrected chi connectivity index (χ3v) is 4.37. The van der Waals surface area contributed by atoms with Crippen molar-refractivity contribution in [3.8, 4) is 0 Å². The van der Waals surface area contributed by atoms with Crippen LogP contribution in [0.15, 0.2) is 16.8 Å². The van der Waals surface area contributed by atoms with E-state index in [1.165, 1.54) is 31.2 Å². The van der Waals surface area contributed by atoms with Gasteiger partial charge in [0.1, 0.15) is 0 Å². The molecule has 0 radical (unpaired) electrons. The molecule has 0 bridgehead atoms. The molecule has 1 unspecified atom stereocenters. The van der Waals surface area contributed by atoms with Gasteiger partial charge >= 0.3 is 0 Å². The quantitative estimate of drug-likeness (QED) is 0.824. The molecule has 0 saturated heterocycles. The summed E-state index contributed by atoms with van der Waals surface area (Å²) < 4.78 is 0. The van der Waals surface area contributed by atoms with Crippen LogP contribution in [0.3, 0.4) is 0 Å². The number of nitrogens with one attached hydrogen (secondary N) is 1. The van der Waals surface area contributed by atoms with Crippen molar-refractivity contribution in [2.24, 2.45) is 5.41 Å². The Morgan fingerprint density at radius 1 is 1.53 bits per heavy atom. The lowest BCUT2D eigenvalue weighted by Gasteiger charge is -2.27. The van der Waals surface area contributed by atoms with Gasteiger partial charge in [-0.15, -0.1) is 0 Å². The average Bonchev–Trinajstić information content (AvgIpc) is 2.77. The minimum atomic E-state index is 0.509. The normalized spacial score (nSPS) is 24.5. The van der Waals surface area contributed by atoms with Gasteiger partial charge in [0.15, 0.2) is 0 Å². The van der Waals surface area contributed by atoms with E-state index in [4.69, 9.17) is 0 Å². The molecule has 15 heavy (non-hydrogen) atoms. The molecule has 0 amide bonds. The second-order valence-electron chi connectivity index (χ2n) is 5.27. The van der Waals surface area contributed by atoms with Crippen LogP contribution in [0.1, 0.15) is 38.7 Å². The van der Waals surface area contributed by atoms with Crippen LogP contribution in [0.5, 0.6) is 0 Å². The first-order valence-corrected chi connectivity index (χ1v) is 6.87. The minimum Gasteiger partial charge on any atom is -0.313 e. The minimum absolute atomic E-state index is 0.509. The summed E-state index contributed by atoms with van der Waals surface area (Å²) in [5.74, 6) is 0. The van der Waals surface area contributed by atoms with E-state index in [9.17, 15) is 0 Å². The molecule has 0 aliphatic heterocycles. The Labute approximate surface area is 96.9 Å². The van der Waals surface area contributed by atoms with Crippen LogP contribution in [-0.4, -0.2) is 12.6 Å². The van der Waals surface area contributed by atoms with Crippen molar-refractivity contribution >= 4 is 11.3 Å². The molecular weight excluding hydrogens is 202 g/mol. The first-order valence-electron chi connectivity index (χ1n) is 5.93. The molecule has 1 aromatic heterocycles. The van der Waals surface area contributed by atoms with Crippen molar-refractivity contribution < 1.29 is 0 Å². The Morgan fingerprint density at radius 3 is 3.00 bits per heavy atom. The molecule has 1 aromatic rings. The average molecular weight is 223 g/mol. The summed E-state index contributed by atoms with van der Waals surface area (Å²) in [6.45, 7) is 5.91. The van der Waals surface area contributed by atoms with Gasteiger partial charge in [0.05, 0.1) is 0 Å². The fourth-order valence-corrected chi connectivity index (χ4v) is 3.23. The lowest BCUT2D eigenvalue weighted by Crippen LogP contribution is -2.38. The van der Waals surface area contributed by atoms with Gasteiger partial charge in [-0.25, -0.2) is 0 Å². The monoisotopic (exact) mass is 223 g/mol. The maximum atomic E-state index is 3.71. The maximum absolute atomic E-state index is 3.71. The predicted molar refractivity (Wildman–Crippen MR) is 67.4 cm³/mol. The van der Waals surface area contributed by atoms with Gasteiger partial charge in [0, 0.05) is 6.04 Å². The van der Waals surface area contributed by atoms with Crippen molar-refractivity contribution in [3.05, 3.63) is 22.4 Å². The summed E-state index contributed by atoms with van der Waals surface area (Å²) in [6, 6.07) is 2.96. The van der Waals surface area contributed by atoms with E-state index in [0.29, 0.717) is 5.41 Å². The van der Waals surface area contributed by atoms with Gasteiger partial charge in [0.2, 0.25) is 0 Å². The summed E-state index contributed by atoms with van der Waals surface area (Å²) in [4.78, 5) is 0. The van der Waals surface area contributed by atoms with Crippen molar-refractivity contribution in [2.45, 2.75) is 45.6 Å². The Morgan fingerprint density at radius 2 is 2.40 bits per heavy atom. The zero-order chi connectivity index (χ0) is 10.7. The smallest absolute Gasteiger partial charge is 0.0118 e. The predicted octanol–water partition coefficient (Wildman–Crippen LogP) is 3.46. The van der Waals surface area contributed by atoms with Crippen LogP contribution in [0.4, 0.5) is 0 Å². The van der Waals surface area contributed by atoms with E-state index < -0.39 is 0 Å². The van der Waals surface area contributed by atoms with Gasteiger partial charge in [0.25, 0.3) is 0 Å². The van der Waals surface area contributed by atoms with Crippen LogP contribution in [0.25, 0.3) is 0 Å². The number of thiophene rings is 1. The van der Waals surface area contributed by atoms with Crippen LogP contribution in [-0.2, 0) is 6.42 Å². The number of hydrogen-bond donors (Lipinski definition) is 1. The Kier molecular flexibility index (Phi) is 3.47. The summed E-state index contributed by atoms with van der Waals surface area (Å²) in [5.41, 5.74) is 1.98. The molecule has 2 heteroatoms. The van der Waals surface area contributed by atoms with E-state index in [0.717, 1.165) is 12.6 Å². The largest absolute Gasteiger partial charge is 0.313 e. The lowest BCUT2D eigenvalue weighted by atomic mass is 9.87. The standard InChI is InChI=1S/C13H21NS/c1-13(2)7-3-4-12(13)14-8-5-11-6-9-15-10-11/h6,9-10,12,14H,3-5,7-8H2,1-2H3. The zero-order valence-electron chi connectivity index (χ0n) is 9.75. The highest BCUT2D eigenvalue weighted by atomic mass is 32.1. The highest BCUT2D eigenvalue weighted by Crippen LogP contribution is 2.36. The van der Waals surface area contributed by atoms with Crippen LogP contribution in [0.2, 0.25) is 0 Å². The zero-order valence-corrected chi connectivity index (χ0v) is 10.6. The highest BCUT2D eigenvalue weighted by molar-refractivity contribution is 7.07.